The van der Waals surface area contributed by atoms with Gasteiger partial charge in [-0.1, -0.05) is 17.3 Å². The van der Waals surface area contributed by atoms with Crippen LogP contribution in [0.3, 0.4) is 0 Å². The second-order valence-electron chi connectivity index (χ2n) is 8.16. The third kappa shape index (κ3) is 4.96. The summed E-state index contributed by atoms with van der Waals surface area (Å²) in [6, 6.07) is 6.66. The number of carbonyl (C=O) groups is 1. The van der Waals surface area contributed by atoms with Crippen molar-refractivity contribution in [2.24, 2.45) is 0 Å². The van der Waals surface area contributed by atoms with Crippen molar-refractivity contribution in [1.82, 2.24) is 19.9 Å². The number of halogens is 3. The van der Waals surface area contributed by atoms with Crippen LogP contribution in [0.15, 0.2) is 48.7 Å². The van der Waals surface area contributed by atoms with Gasteiger partial charge in [0.2, 0.25) is 0 Å². The molecule has 0 radical (unpaired) electrons. The lowest BCUT2D eigenvalue weighted by Gasteiger charge is -2.46. The van der Waals surface area contributed by atoms with Gasteiger partial charge in [0.05, 0.1) is 19.4 Å². The van der Waals surface area contributed by atoms with E-state index in [0.29, 0.717) is 11.6 Å². The zero-order valence-corrected chi connectivity index (χ0v) is 18.7. The van der Waals surface area contributed by atoms with Crippen LogP contribution in [0, 0.1) is 17.5 Å². The fourth-order valence-electron chi connectivity index (χ4n) is 4.10. The van der Waals surface area contributed by atoms with Crippen LogP contribution in [0.5, 0.6) is 0 Å². The number of benzene rings is 2. The van der Waals surface area contributed by atoms with Crippen molar-refractivity contribution in [1.29, 1.82) is 0 Å². The van der Waals surface area contributed by atoms with Crippen LogP contribution < -0.4 is 0 Å². The molecule has 10 nitrogen and oxygen atoms in total. The van der Waals surface area contributed by atoms with Crippen LogP contribution in [0.25, 0.3) is 11.3 Å². The van der Waals surface area contributed by atoms with E-state index in [9.17, 15) is 38.4 Å². The number of aliphatic hydroxyl groups excluding tert-OH is 4. The Morgan fingerprint density at radius 1 is 1.06 bits per heavy atom. The fraction of sp³-hybridized carbons (Fsp3) is 0.348. The van der Waals surface area contributed by atoms with E-state index in [2.05, 4.69) is 10.3 Å². The number of ether oxygens (including phenoxy) is 1. The SMILES string of the molecule is O=C(c1ccc(F)c(F)c1)N(CCO)C1OC(CO)[C@H](O)[C@H](n2cc(-c3cccc(F)c3)nn2)C1O. The molecule has 1 aliphatic rings. The molecule has 3 unspecified atom stereocenters. The van der Waals surface area contributed by atoms with Gasteiger partial charge in [0.15, 0.2) is 17.9 Å². The largest absolute Gasteiger partial charge is 0.395 e. The molecule has 5 atom stereocenters. The average molecular weight is 508 g/mol. The fourth-order valence-corrected chi connectivity index (χ4v) is 4.10. The number of aromatic nitrogens is 3. The molecular formula is C23H23F3N4O6. The summed E-state index contributed by atoms with van der Waals surface area (Å²) in [6.45, 7) is -1.67. The normalized spacial score (nSPS) is 24.0. The Bertz CT molecular complexity index is 1230. The summed E-state index contributed by atoms with van der Waals surface area (Å²) in [6.07, 6.45) is -4.69. The molecule has 2 aromatic carbocycles. The van der Waals surface area contributed by atoms with Gasteiger partial charge in [-0.15, -0.1) is 5.10 Å². The van der Waals surface area contributed by atoms with E-state index in [4.69, 9.17) is 4.74 Å². The Morgan fingerprint density at radius 3 is 2.50 bits per heavy atom. The van der Waals surface area contributed by atoms with Gasteiger partial charge >= 0.3 is 0 Å². The molecule has 0 aliphatic carbocycles. The lowest BCUT2D eigenvalue weighted by molar-refractivity contribution is -0.239. The van der Waals surface area contributed by atoms with Crippen LogP contribution in [-0.4, -0.2) is 90.5 Å². The molecule has 1 aromatic heterocycles. The van der Waals surface area contributed by atoms with E-state index < -0.39 is 67.2 Å². The van der Waals surface area contributed by atoms with Crippen molar-refractivity contribution in [2.45, 2.75) is 30.6 Å². The van der Waals surface area contributed by atoms with Gasteiger partial charge in [0.1, 0.15) is 35.9 Å². The highest BCUT2D eigenvalue weighted by atomic mass is 19.2. The maximum absolute atomic E-state index is 13.7. The quantitative estimate of drug-likeness (QED) is 0.361. The first kappa shape index (κ1) is 25.7. The molecular weight excluding hydrogens is 485 g/mol. The summed E-state index contributed by atoms with van der Waals surface area (Å²) in [4.78, 5) is 14.0. The molecule has 3 aromatic rings. The van der Waals surface area contributed by atoms with Crippen molar-refractivity contribution in [3.8, 4) is 11.3 Å². The summed E-state index contributed by atoms with van der Waals surface area (Å²) in [7, 11) is 0. The highest BCUT2D eigenvalue weighted by Crippen LogP contribution is 2.33. The minimum absolute atomic E-state index is 0.225. The van der Waals surface area contributed by atoms with Crippen LogP contribution in [0.2, 0.25) is 0 Å². The Kier molecular flexibility index (Phi) is 7.66. The number of nitrogens with zero attached hydrogens (tertiary/aromatic N) is 4. The predicted molar refractivity (Wildman–Crippen MR) is 117 cm³/mol. The highest BCUT2D eigenvalue weighted by molar-refractivity contribution is 5.94. The zero-order chi connectivity index (χ0) is 26.0. The van der Waals surface area contributed by atoms with E-state index in [1.807, 2.05) is 0 Å². The second-order valence-corrected chi connectivity index (χ2v) is 8.16. The van der Waals surface area contributed by atoms with Gasteiger partial charge < -0.3 is 30.1 Å². The minimum Gasteiger partial charge on any atom is -0.395 e. The second kappa shape index (κ2) is 10.7. The van der Waals surface area contributed by atoms with Crippen molar-refractivity contribution < 1.29 is 43.1 Å². The molecule has 0 bridgehead atoms. The summed E-state index contributed by atoms with van der Waals surface area (Å²) in [5, 5.41) is 49.1. The first-order chi connectivity index (χ1) is 17.2. The van der Waals surface area contributed by atoms with Crippen LogP contribution >= 0.6 is 0 Å². The van der Waals surface area contributed by atoms with Gasteiger partial charge in [-0.25, -0.2) is 17.9 Å². The summed E-state index contributed by atoms with van der Waals surface area (Å²) in [5.41, 5.74) is 0.320. The smallest absolute Gasteiger partial charge is 0.256 e. The van der Waals surface area contributed by atoms with Gasteiger partial charge in [0.25, 0.3) is 5.91 Å². The van der Waals surface area contributed by atoms with Crippen molar-refractivity contribution in [2.75, 3.05) is 19.8 Å². The molecule has 36 heavy (non-hydrogen) atoms. The Hall–Kier alpha value is -3.36. The first-order valence-corrected chi connectivity index (χ1v) is 10.9. The molecule has 0 saturated carbocycles. The molecule has 1 fully saturated rings. The minimum atomic E-state index is -1.68. The van der Waals surface area contributed by atoms with Crippen LogP contribution in [-0.2, 0) is 4.74 Å². The highest BCUT2D eigenvalue weighted by Gasteiger charge is 2.49. The van der Waals surface area contributed by atoms with E-state index in [1.165, 1.54) is 24.4 Å². The molecule has 1 aliphatic heterocycles. The molecule has 13 heteroatoms. The van der Waals surface area contributed by atoms with E-state index in [-0.39, 0.29) is 17.8 Å². The average Bonchev–Trinajstić information content (AvgIpc) is 3.34. The molecule has 0 spiro atoms. The standard InChI is InChI=1S/C23H23F3N4O6/c24-14-3-1-2-12(8-14)17-10-30(28-27-17)19-20(33)18(11-32)36-23(21(19)34)29(6-7-31)22(35)13-4-5-15(25)16(26)9-13/h1-5,8-10,18-21,23,31-34H,6-7,11H2/t18?,19-,20-,21?,23?/m0/s1. The maximum atomic E-state index is 13.7. The lowest BCUT2D eigenvalue weighted by atomic mass is 9.94. The molecule has 1 amide bonds. The van der Waals surface area contributed by atoms with Crippen molar-refractivity contribution in [3.63, 3.8) is 0 Å². The number of aliphatic hydroxyl groups is 4. The van der Waals surface area contributed by atoms with Crippen LogP contribution in [0.4, 0.5) is 13.2 Å². The zero-order valence-electron chi connectivity index (χ0n) is 18.7. The Labute approximate surface area is 202 Å². The van der Waals surface area contributed by atoms with E-state index >= 15 is 0 Å². The van der Waals surface area contributed by atoms with Crippen molar-refractivity contribution in [3.05, 3.63) is 71.7 Å². The number of hydrogen-bond acceptors (Lipinski definition) is 8. The van der Waals surface area contributed by atoms with Gasteiger partial charge in [-0.2, -0.15) is 0 Å². The third-order valence-electron chi connectivity index (χ3n) is 5.88. The first-order valence-electron chi connectivity index (χ1n) is 10.9. The summed E-state index contributed by atoms with van der Waals surface area (Å²) in [5.74, 6) is -3.86. The monoisotopic (exact) mass is 508 g/mol. The molecule has 192 valence electrons. The number of hydrogen-bond donors (Lipinski definition) is 4. The Balaban J connectivity index is 1.68. The number of rotatable bonds is 7. The molecule has 1 saturated heterocycles. The Morgan fingerprint density at radius 2 is 1.83 bits per heavy atom. The summed E-state index contributed by atoms with van der Waals surface area (Å²) >= 11 is 0. The topological polar surface area (TPSA) is 141 Å². The van der Waals surface area contributed by atoms with E-state index in [1.54, 1.807) is 6.07 Å². The molecule has 4 rings (SSSR count). The third-order valence-corrected chi connectivity index (χ3v) is 5.88. The van der Waals surface area contributed by atoms with E-state index in [0.717, 1.165) is 21.7 Å². The van der Waals surface area contributed by atoms with Crippen LogP contribution in [0.1, 0.15) is 16.4 Å². The van der Waals surface area contributed by atoms with Crippen molar-refractivity contribution >= 4 is 5.91 Å². The summed E-state index contributed by atoms with van der Waals surface area (Å²) < 4.78 is 47.4. The number of carbonyl (C=O) groups excluding carboxylic acids is 1. The molecule has 4 N–H and O–H groups in total. The number of amides is 1. The van der Waals surface area contributed by atoms with Gasteiger partial charge in [-0.05, 0) is 30.3 Å². The van der Waals surface area contributed by atoms with Gasteiger partial charge in [0, 0.05) is 17.7 Å². The molecule has 2 heterocycles. The van der Waals surface area contributed by atoms with Gasteiger partial charge in [-0.3, -0.25) is 4.79 Å². The predicted octanol–water partition coefficient (Wildman–Crippen LogP) is 0.477. The maximum Gasteiger partial charge on any atom is 0.256 e. The lowest BCUT2D eigenvalue weighted by Crippen LogP contribution is -2.62.